The van der Waals surface area contributed by atoms with Crippen molar-refractivity contribution in [2.75, 3.05) is 19.4 Å². The Bertz CT molecular complexity index is 1030. The number of nitrogens with two attached hydrogens (primary N) is 1. The topological polar surface area (TPSA) is 117 Å². The van der Waals surface area contributed by atoms with Gasteiger partial charge in [-0.25, -0.2) is 4.39 Å². The zero-order chi connectivity index (χ0) is 23.1. The largest absolute Gasteiger partial charge is 0.495 e. The molecule has 0 saturated heterocycles. The lowest BCUT2D eigenvalue weighted by molar-refractivity contribution is -0.120. The third-order valence-electron chi connectivity index (χ3n) is 5.35. The van der Waals surface area contributed by atoms with Crippen LogP contribution in [0.4, 0.5) is 10.1 Å². The molecule has 0 heterocycles. The van der Waals surface area contributed by atoms with Gasteiger partial charge in [0.1, 0.15) is 11.6 Å². The monoisotopic (exact) mass is 438 g/mol. The summed E-state index contributed by atoms with van der Waals surface area (Å²) in [4.78, 5) is 24.8. The summed E-state index contributed by atoms with van der Waals surface area (Å²) >= 11 is 0. The number of rotatable bonds is 8. The van der Waals surface area contributed by atoms with Crippen LogP contribution in [0.15, 0.2) is 42.5 Å². The molecule has 0 spiro atoms. The van der Waals surface area contributed by atoms with Crippen LogP contribution in [-0.4, -0.2) is 37.2 Å². The van der Waals surface area contributed by atoms with Crippen LogP contribution < -0.4 is 21.1 Å². The van der Waals surface area contributed by atoms with E-state index in [0.717, 1.165) is 25.7 Å². The number of benzene rings is 2. The second kappa shape index (κ2) is 10.6. The molecule has 7 nitrogen and oxygen atoms in total. The minimum absolute atomic E-state index is 0.0253. The van der Waals surface area contributed by atoms with Crippen molar-refractivity contribution < 1.29 is 18.7 Å². The van der Waals surface area contributed by atoms with E-state index in [1.165, 1.54) is 37.5 Å². The maximum Gasteiger partial charge on any atom is 0.255 e. The molecule has 0 aromatic heterocycles. The third-order valence-corrected chi connectivity index (χ3v) is 5.35. The Labute approximate surface area is 186 Å². The number of nitrogens with one attached hydrogen (secondary N) is 3. The molecule has 32 heavy (non-hydrogen) atoms. The first-order valence-corrected chi connectivity index (χ1v) is 10.5. The van der Waals surface area contributed by atoms with Crippen LogP contribution in [0, 0.1) is 11.2 Å². The lowest BCUT2D eigenvalue weighted by atomic mass is 10.0. The van der Waals surface area contributed by atoms with E-state index in [-0.39, 0.29) is 52.6 Å². The number of hydrogen-bond acceptors (Lipinski definition) is 5. The van der Waals surface area contributed by atoms with Gasteiger partial charge in [0.2, 0.25) is 5.91 Å². The van der Waals surface area contributed by atoms with Crippen LogP contribution in [0.3, 0.4) is 0 Å². The molecule has 0 atom stereocenters. The standard InChI is InChI=1S/C24H27FN4O3/c1-32-23-18(24(31)28-14-21(30)29-17-4-2-3-5-17)11-13-20(27)22(23)19(26)12-8-15-6-9-16(25)10-7-15/h6-13,17,26H,2-5,14,27H2,1H3,(H,28,31)(H,29,30)/b12-8+,26-19?. The quantitative estimate of drug-likeness (QED) is 0.374. The Hall–Kier alpha value is -3.68. The molecule has 0 aliphatic heterocycles. The summed E-state index contributed by atoms with van der Waals surface area (Å²) in [6.07, 6.45) is 7.26. The van der Waals surface area contributed by atoms with Crippen molar-refractivity contribution in [3.8, 4) is 5.75 Å². The molecular weight excluding hydrogens is 411 g/mol. The number of nitrogen functional groups attached to an aromatic ring is 1. The molecule has 2 aromatic rings. The maximum absolute atomic E-state index is 13.1. The number of methoxy groups -OCH3 is 1. The fraction of sp³-hybridized carbons (Fsp3) is 0.292. The Morgan fingerprint density at radius 2 is 1.88 bits per heavy atom. The van der Waals surface area contributed by atoms with Gasteiger partial charge in [-0.1, -0.05) is 31.1 Å². The first kappa shape index (κ1) is 23.0. The van der Waals surface area contributed by atoms with Gasteiger partial charge < -0.3 is 26.5 Å². The number of allylic oxidation sites excluding steroid dienone is 1. The highest BCUT2D eigenvalue weighted by atomic mass is 19.1. The highest BCUT2D eigenvalue weighted by Crippen LogP contribution is 2.30. The van der Waals surface area contributed by atoms with Gasteiger partial charge in [-0.3, -0.25) is 9.59 Å². The van der Waals surface area contributed by atoms with E-state index in [4.69, 9.17) is 15.9 Å². The molecule has 3 rings (SSSR count). The van der Waals surface area contributed by atoms with E-state index in [9.17, 15) is 14.0 Å². The lowest BCUT2D eigenvalue weighted by Gasteiger charge is -2.16. The van der Waals surface area contributed by atoms with Crippen molar-refractivity contribution in [2.45, 2.75) is 31.7 Å². The minimum atomic E-state index is -0.500. The Morgan fingerprint density at radius 3 is 2.53 bits per heavy atom. The number of carbonyl (C=O) groups is 2. The van der Waals surface area contributed by atoms with Crippen molar-refractivity contribution in [3.05, 3.63) is 65.0 Å². The van der Waals surface area contributed by atoms with Crippen molar-refractivity contribution in [1.82, 2.24) is 10.6 Å². The molecule has 5 N–H and O–H groups in total. The summed E-state index contributed by atoms with van der Waals surface area (Å²) in [6, 6.07) is 9.01. The van der Waals surface area contributed by atoms with Crippen molar-refractivity contribution in [2.24, 2.45) is 0 Å². The summed E-state index contributed by atoms with van der Waals surface area (Å²) in [5.74, 6) is -0.943. The highest BCUT2D eigenvalue weighted by Gasteiger charge is 2.21. The van der Waals surface area contributed by atoms with Crippen LogP contribution in [0.2, 0.25) is 0 Å². The smallest absolute Gasteiger partial charge is 0.255 e. The van der Waals surface area contributed by atoms with E-state index >= 15 is 0 Å². The number of hydrogen-bond donors (Lipinski definition) is 4. The molecular formula is C24H27FN4O3. The summed E-state index contributed by atoms with van der Waals surface area (Å²) in [7, 11) is 1.39. The average Bonchev–Trinajstić information content (AvgIpc) is 3.29. The average molecular weight is 439 g/mol. The van der Waals surface area contributed by atoms with Crippen LogP contribution >= 0.6 is 0 Å². The number of ether oxygens (including phenoxy) is 1. The molecule has 2 amide bonds. The van der Waals surface area contributed by atoms with E-state index in [2.05, 4.69) is 10.6 Å². The number of halogens is 1. The van der Waals surface area contributed by atoms with Gasteiger partial charge in [-0.2, -0.15) is 0 Å². The van der Waals surface area contributed by atoms with E-state index in [1.807, 2.05) is 0 Å². The van der Waals surface area contributed by atoms with Crippen molar-refractivity contribution in [1.29, 1.82) is 5.41 Å². The normalized spacial score (nSPS) is 13.8. The summed E-state index contributed by atoms with van der Waals surface area (Å²) < 4.78 is 18.5. The fourth-order valence-electron chi connectivity index (χ4n) is 3.71. The maximum atomic E-state index is 13.1. The van der Waals surface area contributed by atoms with Gasteiger partial charge in [0.15, 0.2) is 0 Å². The molecule has 1 fully saturated rings. The lowest BCUT2D eigenvalue weighted by Crippen LogP contribution is -2.41. The van der Waals surface area contributed by atoms with Gasteiger partial charge in [-0.15, -0.1) is 0 Å². The molecule has 0 bridgehead atoms. The number of carbonyl (C=O) groups excluding carboxylic acids is 2. The van der Waals surface area contributed by atoms with E-state index in [1.54, 1.807) is 18.2 Å². The first-order chi connectivity index (χ1) is 15.4. The second-order valence-electron chi connectivity index (χ2n) is 7.64. The van der Waals surface area contributed by atoms with Crippen LogP contribution in [0.1, 0.15) is 47.2 Å². The predicted molar refractivity (Wildman–Crippen MR) is 122 cm³/mol. The Morgan fingerprint density at radius 1 is 1.19 bits per heavy atom. The fourth-order valence-corrected chi connectivity index (χ4v) is 3.71. The molecule has 0 radical (unpaired) electrons. The molecule has 1 aliphatic rings. The molecule has 1 aliphatic carbocycles. The molecule has 8 heteroatoms. The SMILES string of the molecule is COc1c(C(=O)NCC(=O)NC2CCCC2)ccc(N)c1C(=N)/C=C/c1ccc(F)cc1. The summed E-state index contributed by atoms with van der Waals surface area (Å²) in [5.41, 5.74) is 7.50. The second-order valence-corrected chi connectivity index (χ2v) is 7.64. The molecule has 168 valence electrons. The van der Waals surface area contributed by atoms with Crippen molar-refractivity contribution in [3.63, 3.8) is 0 Å². The molecule has 1 saturated carbocycles. The minimum Gasteiger partial charge on any atom is -0.495 e. The van der Waals surface area contributed by atoms with Gasteiger partial charge >= 0.3 is 0 Å². The molecule has 0 unspecified atom stereocenters. The van der Waals surface area contributed by atoms with Crippen molar-refractivity contribution >= 4 is 29.3 Å². The van der Waals surface area contributed by atoms with Gasteiger partial charge in [-0.05, 0) is 48.7 Å². The predicted octanol–water partition coefficient (Wildman–Crippen LogP) is 3.29. The molecule has 2 aromatic carbocycles. The van der Waals surface area contributed by atoms with Gasteiger partial charge in [0, 0.05) is 11.7 Å². The number of amides is 2. The Kier molecular flexibility index (Phi) is 7.59. The first-order valence-electron chi connectivity index (χ1n) is 10.5. The van der Waals surface area contributed by atoms with Crippen LogP contribution in [-0.2, 0) is 4.79 Å². The van der Waals surface area contributed by atoms with E-state index in [0.29, 0.717) is 5.56 Å². The van der Waals surface area contributed by atoms with E-state index < -0.39 is 5.91 Å². The zero-order valence-electron chi connectivity index (χ0n) is 17.9. The van der Waals surface area contributed by atoms with Gasteiger partial charge in [0.05, 0.1) is 30.5 Å². The third kappa shape index (κ3) is 5.72. The summed E-state index contributed by atoms with van der Waals surface area (Å²) in [5, 5.41) is 13.9. The summed E-state index contributed by atoms with van der Waals surface area (Å²) in [6.45, 7) is -0.153. The Balaban J connectivity index is 1.73. The zero-order valence-corrected chi connectivity index (χ0v) is 17.9. The highest BCUT2D eigenvalue weighted by molar-refractivity contribution is 6.16. The van der Waals surface area contributed by atoms with Crippen LogP contribution in [0.5, 0.6) is 5.75 Å². The van der Waals surface area contributed by atoms with Crippen LogP contribution in [0.25, 0.3) is 6.08 Å². The number of anilines is 1. The van der Waals surface area contributed by atoms with Gasteiger partial charge in [0.25, 0.3) is 5.91 Å².